The maximum atomic E-state index is 6.71. The van der Waals surface area contributed by atoms with Gasteiger partial charge in [-0.1, -0.05) is 139 Å². The van der Waals surface area contributed by atoms with Gasteiger partial charge in [0.05, 0.1) is 0 Å². The van der Waals surface area contributed by atoms with E-state index >= 15 is 0 Å². The number of hydrogen-bond acceptors (Lipinski definition) is 1. The average Bonchev–Trinajstić information content (AvgIpc) is 3.05. The maximum absolute atomic E-state index is 6.71. The van der Waals surface area contributed by atoms with Gasteiger partial charge in [-0.25, -0.2) is 0 Å². The lowest BCUT2D eigenvalue weighted by atomic mass is 9.86. The summed E-state index contributed by atoms with van der Waals surface area (Å²) in [6.07, 6.45) is 0. The van der Waals surface area contributed by atoms with Crippen LogP contribution >= 0.6 is 0 Å². The fourth-order valence-corrected chi connectivity index (χ4v) is 6.55. The SMILES string of the molecule is Cc1ccc(-c2ccc3c(c2)Oc2cccc4c(-c5ccc(C)cc5-c5ccccc5)ccc-3c24)c(-c2ccccc2)c1. The summed E-state index contributed by atoms with van der Waals surface area (Å²) in [5, 5.41) is 2.37. The predicted molar refractivity (Wildman–Crippen MR) is 181 cm³/mol. The molecular formula is C42H30O. The Morgan fingerprint density at radius 1 is 0.349 bits per heavy atom. The molecule has 0 aliphatic carbocycles. The minimum absolute atomic E-state index is 0.894. The van der Waals surface area contributed by atoms with Crippen molar-refractivity contribution in [3.05, 3.63) is 157 Å². The zero-order chi connectivity index (χ0) is 28.9. The van der Waals surface area contributed by atoms with Crippen LogP contribution in [0.25, 0.3) is 66.4 Å². The van der Waals surface area contributed by atoms with Crippen molar-refractivity contribution in [3.8, 4) is 67.1 Å². The van der Waals surface area contributed by atoms with Crippen molar-refractivity contribution in [3.63, 3.8) is 0 Å². The highest BCUT2D eigenvalue weighted by Gasteiger charge is 2.23. The molecule has 1 aliphatic heterocycles. The maximum Gasteiger partial charge on any atom is 0.135 e. The normalized spacial score (nSPS) is 11.7. The van der Waals surface area contributed by atoms with Crippen molar-refractivity contribution < 1.29 is 4.74 Å². The van der Waals surface area contributed by atoms with E-state index in [-0.39, 0.29) is 0 Å². The quantitative estimate of drug-likeness (QED) is 0.212. The molecule has 8 rings (SSSR count). The summed E-state index contributed by atoms with van der Waals surface area (Å²) in [5.74, 6) is 1.80. The Morgan fingerprint density at radius 3 is 1.63 bits per heavy atom. The second-order valence-corrected chi connectivity index (χ2v) is 11.5. The van der Waals surface area contributed by atoms with E-state index in [1.807, 2.05) is 0 Å². The van der Waals surface area contributed by atoms with Crippen LogP contribution in [-0.4, -0.2) is 0 Å². The van der Waals surface area contributed by atoms with Gasteiger partial charge in [-0.2, -0.15) is 0 Å². The number of ether oxygens (including phenoxy) is 1. The molecule has 0 amide bonds. The Labute approximate surface area is 252 Å². The first-order valence-electron chi connectivity index (χ1n) is 14.8. The monoisotopic (exact) mass is 550 g/mol. The molecule has 43 heavy (non-hydrogen) atoms. The van der Waals surface area contributed by atoms with Crippen LogP contribution in [0, 0.1) is 13.8 Å². The summed E-state index contributed by atoms with van der Waals surface area (Å²) in [5.41, 5.74) is 14.6. The van der Waals surface area contributed by atoms with Gasteiger partial charge < -0.3 is 4.74 Å². The van der Waals surface area contributed by atoms with Gasteiger partial charge in [0.2, 0.25) is 0 Å². The molecule has 0 N–H and O–H groups in total. The molecule has 1 heterocycles. The highest BCUT2D eigenvalue weighted by atomic mass is 16.5. The van der Waals surface area contributed by atoms with Gasteiger partial charge in [-0.05, 0) is 87.5 Å². The first-order chi connectivity index (χ1) is 21.1. The summed E-state index contributed by atoms with van der Waals surface area (Å²) < 4.78 is 6.71. The molecule has 0 bridgehead atoms. The average molecular weight is 551 g/mol. The number of benzene rings is 7. The number of aryl methyl sites for hydroxylation is 2. The van der Waals surface area contributed by atoms with Crippen molar-refractivity contribution in [2.24, 2.45) is 0 Å². The van der Waals surface area contributed by atoms with Crippen molar-refractivity contribution in [1.29, 1.82) is 0 Å². The standard InChI is InChI=1S/C42H30O/c1-27-16-19-32(38(24-27)29-10-5-3-6-11-29)31-18-21-35-37-23-22-33(36-14-9-15-40(42(36)37)43-41(35)26-31)34-20-17-28(2)25-39(34)30-12-7-4-8-13-30/h3-26H,1-2H3. The topological polar surface area (TPSA) is 9.23 Å². The van der Waals surface area contributed by atoms with E-state index in [0.29, 0.717) is 0 Å². The van der Waals surface area contributed by atoms with E-state index in [2.05, 4.69) is 159 Å². The van der Waals surface area contributed by atoms with Crippen LogP contribution in [-0.2, 0) is 0 Å². The summed E-state index contributed by atoms with van der Waals surface area (Å²) in [6.45, 7) is 4.31. The summed E-state index contributed by atoms with van der Waals surface area (Å²) in [7, 11) is 0. The molecule has 7 aromatic carbocycles. The highest BCUT2D eigenvalue weighted by Crippen LogP contribution is 2.50. The predicted octanol–water partition coefficient (Wildman–Crippen LogP) is 11.9. The van der Waals surface area contributed by atoms with Crippen LogP contribution in [0.1, 0.15) is 11.1 Å². The minimum Gasteiger partial charge on any atom is -0.456 e. The number of hydrogen-bond donors (Lipinski definition) is 0. The Morgan fingerprint density at radius 2 is 0.930 bits per heavy atom. The Balaban J connectivity index is 1.28. The highest BCUT2D eigenvalue weighted by molar-refractivity contribution is 6.11. The molecule has 1 nitrogen and oxygen atoms in total. The molecule has 0 fully saturated rings. The summed E-state index contributed by atoms with van der Waals surface area (Å²) >= 11 is 0. The van der Waals surface area contributed by atoms with Crippen molar-refractivity contribution >= 4 is 10.8 Å². The van der Waals surface area contributed by atoms with E-state index in [4.69, 9.17) is 4.74 Å². The summed E-state index contributed by atoms with van der Waals surface area (Å²) in [4.78, 5) is 0. The van der Waals surface area contributed by atoms with Gasteiger partial charge in [0.15, 0.2) is 0 Å². The molecular weight excluding hydrogens is 520 g/mol. The minimum atomic E-state index is 0.894. The molecule has 0 radical (unpaired) electrons. The fourth-order valence-electron chi connectivity index (χ4n) is 6.55. The first-order valence-corrected chi connectivity index (χ1v) is 14.8. The van der Waals surface area contributed by atoms with Crippen LogP contribution in [0.4, 0.5) is 0 Å². The van der Waals surface area contributed by atoms with Gasteiger partial charge in [0.25, 0.3) is 0 Å². The molecule has 1 aliphatic rings. The lowest BCUT2D eigenvalue weighted by Gasteiger charge is -2.24. The molecule has 204 valence electrons. The third-order valence-electron chi connectivity index (χ3n) is 8.62. The Hall–Kier alpha value is -5.40. The largest absolute Gasteiger partial charge is 0.456 e. The van der Waals surface area contributed by atoms with Crippen LogP contribution in [0.15, 0.2) is 146 Å². The number of rotatable bonds is 4. The molecule has 0 saturated carbocycles. The zero-order valence-electron chi connectivity index (χ0n) is 24.3. The molecule has 0 aromatic heterocycles. The second-order valence-electron chi connectivity index (χ2n) is 11.5. The van der Waals surface area contributed by atoms with E-state index < -0.39 is 0 Å². The fraction of sp³-hybridized carbons (Fsp3) is 0.0476. The van der Waals surface area contributed by atoms with Crippen LogP contribution < -0.4 is 4.74 Å². The van der Waals surface area contributed by atoms with Crippen molar-refractivity contribution in [2.75, 3.05) is 0 Å². The van der Waals surface area contributed by atoms with Gasteiger partial charge in [0, 0.05) is 10.9 Å². The second kappa shape index (κ2) is 10.2. The Kier molecular flexibility index (Phi) is 5.98. The molecule has 1 heteroatoms. The lowest BCUT2D eigenvalue weighted by Crippen LogP contribution is -1.99. The van der Waals surface area contributed by atoms with E-state index in [9.17, 15) is 0 Å². The lowest BCUT2D eigenvalue weighted by molar-refractivity contribution is 0.487. The first kappa shape index (κ1) is 25.3. The van der Waals surface area contributed by atoms with E-state index in [1.165, 1.54) is 66.4 Å². The van der Waals surface area contributed by atoms with Crippen molar-refractivity contribution in [2.45, 2.75) is 13.8 Å². The van der Waals surface area contributed by atoms with Gasteiger partial charge in [-0.15, -0.1) is 0 Å². The van der Waals surface area contributed by atoms with Crippen LogP contribution in [0.2, 0.25) is 0 Å². The third kappa shape index (κ3) is 4.33. The van der Waals surface area contributed by atoms with E-state index in [0.717, 1.165) is 22.6 Å². The van der Waals surface area contributed by atoms with Gasteiger partial charge >= 0.3 is 0 Å². The molecule has 7 aromatic rings. The van der Waals surface area contributed by atoms with Crippen molar-refractivity contribution in [1.82, 2.24) is 0 Å². The molecule has 0 atom stereocenters. The van der Waals surface area contributed by atoms with Gasteiger partial charge in [-0.3, -0.25) is 0 Å². The molecule has 0 saturated heterocycles. The summed E-state index contributed by atoms with van der Waals surface area (Å²) in [6, 6.07) is 52.4. The van der Waals surface area contributed by atoms with Gasteiger partial charge in [0.1, 0.15) is 11.5 Å². The smallest absolute Gasteiger partial charge is 0.135 e. The Bertz CT molecular complexity index is 2160. The van der Waals surface area contributed by atoms with Crippen LogP contribution in [0.3, 0.4) is 0 Å². The molecule has 0 unspecified atom stereocenters. The van der Waals surface area contributed by atoms with E-state index in [1.54, 1.807) is 0 Å². The number of fused-ring (bicyclic) bond motifs is 2. The molecule has 0 spiro atoms. The third-order valence-corrected chi connectivity index (χ3v) is 8.62. The van der Waals surface area contributed by atoms with Crippen LogP contribution in [0.5, 0.6) is 11.5 Å². The zero-order valence-corrected chi connectivity index (χ0v) is 24.3.